The summed E-state index contributed by atoms with van der Waals surface area (Å²) in [6.07, 6.45) is 3.32. The smallest absolute Gasteiger partial charge is 0.227 e. The lowest BCUT2D eigenvalue weighted by molar-refractivity contribution is 0.397. The van der Waals surface area contributed by atoms with Crippen LogP contribution in [-0.2, 0) is 6.54 Å². The fourth-order valence-corrected chi connectivity index (χ4v) is 2.94. The summed E-state index contributed by atoms with van der Waals surface area (Å²) in [6.45, 7) is 0.543. The van der Waals surface area contributed by atoms with Gasteiger partial charge in [-0.1, -0.05) is 17.7 Å². The zero-order chi connectivity index (χ0) is 18.8. The molecule has 0 bridgehead atoms. The Hall–Kier alpha value is -3.33. The van der Waals surface area contributed by atoms with Crippen molar-refractivity contribution in [1.82, 2.24) is 30.1 Å². The Bertz CT molecular complexity index is 1080. The van der Waals surface area contributed by atoms with Gasteiger partial charge in [-0.25, -0.2) is 15.1 Å². The van der Waals surface area contributed by atoms with Gasteiger partial charge in [0.25, 0.3) is 0 Å². The molecule has 138 valence electrons. The first-order valence-electron chi connectivity index (χ1n) is 8.15. The minimum absolute atomic E-state index is 0.543. The van der Waals surface area contributed by atoms with E-state index >= 15 is 0 Å². The van der Waals surface area contributed by atoms with Gasteiger partial charge in [0, 0.05) is 25.9 Å². The van der Waals surface area contributed by atoms with Crippen molar-refractivity contribution in [2.24, 2.45) is 0 Å². The predicted octanol–water partition coefficient (Wildman–Crippen LogP) is 3.12. The van der Waals surface area contributed by atoms with Gasteiger partial charge >= 0.3 is 0 Å². The fraction of sp³-hybridized carbons (Fsp3) is 0.176. The van der Waals surface area contributed by atoms with E-state index in [4.69, 9.17) is 16.3 Å². The summed E-state index contributed by atoms with van der Waals surface area (Å²) in [7, 11) is 3.47. The van der Waals surface area contributed by atoms with E-state index in [9.17, 15) is 0 Å². The van der Waals surface area contributed by atoms with Crippen molar-refractivity contribution in [1.29, 1.82) is 0 Å². The van der Waals surface area contributed by atoms with E-state index in [-0.39, 0.29) is 0 Å². The minimum atomic E-state index is 0.543. The van der Waals surface area contributed by atoms with Crippen LogP contribution in [0.5, 0.6) is 5.88 Å². The van der Waals surface area contributed by atoms with E-state index in [2.05, 4.69) is 35.5 Å². The molecule has 3 heterocycles. The SMILES string of the molecule is COc1cc(Nc2ccnc(N(C)Cc3ccc4[nH]cnc4c3Cl)n2)n[nH]1. The number of nitrogens with zero attached hydrogens (tertiary/aromatic N) is 5. The van der Waals surface area contributed by atoms with Gasteiger partial charge in [0.2, 0.25) is 11.8 Å². The molecular formula is C17H17ClN8O. The maximum Gasteiger partial charge on any atom is 0.227 e. The standard InChI is InChI=1S/C17H17ClN8O/c1-26(8-10-3-4-11-16(15(10)18)21-9-20-11)17-19-6-5-12(23-17)22-13-7-14(27-2)25-24-13/h3-7,9H,8H2,1-2H3,(H,20,21)(H2,19,22,23,24,25). The largest absolute Gasteiger partial charge is 0.481 e. The lowest BCUT2D eigenvalue weighted by Crippen LogP contribution is -2.19. The van der Waals surface area contributed by atoms with Crippen LogP contribution in [-0.4, -0.2) is 44.3 Å². The molecule has 0 spiro atoms. The summed E-state index contributed by atoms with van der Waals surface area (Å²) in [5.41, 5.74) is 2.60. The van der Waals surface area contributed by atoms with E-state index in [0.29, 0.717) is 35.0 Å². The molecule has 9 nitrogen and oxygen atoms in total. The Balaban J connectivity index is 1.52. The molecule has 4 aromatic rings. The molecule has 1 aromatic carbocycles. The highest BCUT2D eigenvalue weighted by Crippen LogP contribution is 2.26. The van der Waals surface area contributed by atoms with Crippen LogP contribution in [0.15, 0.2) is 36.8 Å². The van der Waals surface area contributed by atoms with Crippen LogP contribution in [0.2, 0.25) is 5.02 Å². The van der Waals surface area contributed by atoms with Crippen LogP contribution in [0.1, 0.15) is 5.56 Å². The highest BCUT2D eigenvalue weighted by Gasteiger charge is 2.12. The molecule has 10 heteroatoms. The van der Waals surface area contributed by atoms with E-state index in [1.807, 2.05) is 24.1 Å². The molecule has 27 heavy (non-hydrogen) atoms. The number of hydrogen-bond acceptors (Lipinski definition) is 7. The van der Waals surface area contributed by atoms with Gasteiger partial charge in [0.15, 0.2) is 5.82 Å². The first-order valence-corrected chi connectivity index (χ1v) is 8.53. The van der Waals surface area contributed by atoms with Gasteiger partial charge in [-0.3, -0.25) is 0 Å². The van der Waals surface area contributed by atoms with E-state index in [0.717, 1.165) is 16.6 Å². The molecule has 0 unspecified atom stereocenters. The lowest BCUT2D eigenvalue weighted by atomic mass is 10.2. The molecule has 0 saturated heterocycles. The molecule has 0 radical (unpaired) electrons. The van der Waals surface area contributed by atoms with E-state index < -0.39 is 0 Å². The quantitative estimate of drug-likeness (QED) is 0.468. The summed E-state index contributed by atoms with van der Waals surface area (Å²) in [4.78, 5) is 18.1. The Morgan fingerprint density at radius 2 is 2.11 bits per heavy atom. The van der Waals surface area contributed by atoms with Crippen LogP contribution in [0.3, 0.4) is 0 Å². The number of fused-ring (bicyclic) bond motifs is 1. The number of halogens is 1. The van der Waals surface area contributed by atoms with Crippen molar-refractivity contribution in [3.8, 4) is 5.88 Å². The molecule has 3 N–H and O–H groups in total. The zero-order valence-electron chi connectivity index (χ0n) is 14.7. The maximum absolute atomic E-state index is 6.48. The van der Waals surface area contributed by atoms with Gasteiger partial charge in [-0.15, -0.1) is 0 Å². The van der Waals surface area contributed by atoms with Crippen molar-refractivity contribution in [3.63, 3.8) is 0 Å². The van der Waals surface area contributed by atoms with Crippen LogP contribution in [0.4, 0.5) is 17.6 Å². The first-order chi connectivity index (χ1) is 13.1. The number of imidazole rings is 1. The number of ether oxygens (including phenoxy) is 1. The lowest BCUT2D eigenvalue weighted by Gasteiger charge is -2.18. The molecule has 0 fully saturated rings. The average molecular weight is 385 g/mol. The van der Waals surface area contributed by atoms with Gasteiger partial charge in [0.1, 0.15) is 11.3 Å². The third kappa shape index (κ3) is 3.49. The van der Waals surface area contributed by atoms with Crippen molar-refractivity contribution in [2.75, 3.05) is 24.4 Å². The molecule has 0 saturated carbocycles. The second-order valence-corrected chi connectivity index (χ2v) is 6.26. The Morgan fingerprint density at radius 1 is 1.22 bits per heavy atom. The molecule has 0 amide bonds. The summed E-state index contributed by atoms with van der Waals surface area (Å²) >= 11 is 6.48. The number of aromatic nitrogens is 6. The Morgan fingerprint density at radius 3 is 2.93 bits per heavy atom. The van der Waals surface area contributed by atoms with E-state index in [1.54, 1.807) is 31.8 Å². The van der Waals surface area contributed by atoms with Crippen molar-refractivity contribution >= 4 is 40.2 Å². The third-order valence-electron chi connectivity index (χ3n) is 4.03. The average Bonchev–Trinajstić information content (AvgIpc) is 3.33. The predicted molar refractivity (Wildman–Crippen MR) is 104 cm³/mol. The third-order valence-corrected chi connectivity index (χ3v) is 4.45. The van der Waals surface area contributed by atoms with E-state index in [1.165, 1.54) is 0 Å². The van der Waals surface area contributed by atoms with Gasteiger partial charge in [0.05, 0.1) is 24.0 Å². The van der Waals surface area contributed by atoms with Crippen molar-refractivity contribution in [3.05, 3.63) is 47.4 Å². The van der Waals surface area contributed by atoms with Gasteiger partial charge in [-0.2, -0.15) is 10.1 Å². The molecular weight excluding hydrogens is 368 g/mol. The van der Waals surface area contributed by atoms with Gasteiger partial charge in [-0.05, 0) is 17.7 Å². The number of anilines is 3. The Labute approximate surface area is 159 Å². The monoisotopic (exact) mass is 384 g/mol. The topological polar surface area (TPSA) is 108 Å². The second kappa shape index (κ2) is 7.12. The van der Waals surface area contributed by atoms with Crippen molar-refractivity contribution < 1.29 is 4.74 Å². The van der Waals surface area contributed by atoms with Crippen LogP contribution < -0.4 is 15.0 Å². The number of benzene rings is 1. The number of aromatic amines is 2. The van der Waals surface area contributed by atoms with Crippen LogP contribution in [0.25, 0.3) is 11.0 Å². The van der Waals surface area contributed by atoms with Gasteiger partial charge < -0.3 is 19.9 Å². The van der Waals surface area contributed by atoms with Crippen molar-refractivity contribution in [2.45, 2.75) is 6.54 Å². The number of nitrogens with one attached hydrogen (secondary N) is 3. The molecule has 0 atom stereocenters. The highest BCUT2D eigenvalue weighted by atomic mass is 35.5. The number of rotatable bonds is 6. The number of methoxy groups -OCH3 is 1. The summed E-state index contributed by atoms with van der Waals surface area (Å²) in [5, 5.41) is 10.6. The van der Waals surface area contributed by atoms with Crippen LogP contribution >= 0.6 is 11.6 Å². The van der Waals surface area contributed by atoms with Crippen LogP contribution in [0, 0.1) is 0 Å². The zero-order valence-corrected chi connectivity index (χ0v) is 15.4. The normalized spacial score (nSPS) is 10.9. The summed E-state index contributed by atoms with van der Waals surface area (Å²) < 4.78 is 5.08. The summed E-state index contributed by atoms with van der Waals surface area (Å²) in [6, 6.07) is 7.43. The molecule has 0 aliphatic carbocycles. The molecule has 0 aliphatic rings. The first kappa shape index (κ1) is 17.1. The summed E-state index contributed by atoms with van der Waals surface area (Å²) in [5.74, 6) is 2.34. The fourth-order valence-electron chi connectivity index (χ4n) is 2.67. The molecule has 4 rings (SSSR count). The Kier molecular flexibility index (Phi) is 4.51. The number of hydrogen-bond donors (Lipinski definition) is 3. The molecule has 0 aliphatic heterocycles. The minimum Gasteiger partial charge on any atom is -0.481 e. The maximum atomic E-state index is 6.48. The number of H-pyrrole nitrogens is 2. The molecule has 3 aromatic heterocycles. The second-order valence-electron chi connectivity index (χ2n) is 5.88. The highest BCUT2D eigenvalue weighted by molar-refractivity contribution is 6.35.